The van der Waals surface area contributed by atoms with E-state index in [9.17, 15) is 0 Å². The zero-order valence-electron chi connectivity index (χ0n) is 9.54. The molecule has 1 heterocycles. The predicted octanol–water partition coefficient (Wildman–Crippen LogP) is 4.96. The van der Waals surface area contributed by atoms with Crippen LogP contribution in [-0.2, 0) is 6.42 Å². The van der Waals surface area contributed by atoms with Gasteiger partial charge < -0.3 is 5.32 Å². The maximum atomic E-state index is 5.93. The van der Waals surface area contributed by atoms with E-state index in [-0.39, 0.29) is 0 Å². The molecule has 0 unspecified atom stereocenters. The summed E-state index contributed by atoms with van der Waals surface area (Å²) in [5.41, 5.74) is 2.21. The van der Waals surface area contributed by atoms with Crippen molar-refractivity contribution < 1.29 is 0 Å². The van der Waals surface area contributed by atoms with Crippen molar-refractivity contribution in [2.24, 2.45) is 0 Å². The zero-order valence-corrected chi connectivity index (χ0v) is 13.5. The fourth-order valence-electron chi connectivity index (χ4n) is 1.54. The van der Waals surface area contributed by atoms with Gasteiger partial charge in [-0.15, -0.1) is 0 Å². The van der Waals surface area contributed by atoms with Crippen LogP contribution in [-0.4, -0.2) is 9.97 Å². The third-order valence-corrected chi connectivity index (χ3v) is 4.21. The minimum absolute atomic E-state index is 0.391. The molecule has 0 amide bonds. The van der Waals surface area contributed by atoms with E-state index in [4.69, 9.17) is 11.6 Å². The maximum absolute atomic E-state index is 5.93. The van der Waals surface area contributed by atoms with E-state index in [0.717, 1.165) is 16.6 Å². The van der Waals surface area contributed by atoms with Crippen LogP contribution in [0.4, 0.5) is 11.5 Å². The second-order valence-electron chi connectivity index (χ2n) is 3.61. The number of aryl methyl sites for hydroxylation is 1. The Kier molecular flexibility index (Phi) is 4.59. The van der Waals surface area contributed by atoms with Crippen molar-refractivity contribution in [2.45, 2.75) is 13.3 Å². The van der Waals surface area contributed by atoms with Crippen LogP contribution in [0.3, 0.4) is 0 Å². The molecule has 18 heavy (non-hydrogen) atoms. The average molecular weight is 391 g/mol. The lowest BCUT2D eigenvalue weighted by molar-refractivity contribution is 1.12. The molecule has 0 aliphatic carbocycles. The Labute approximate surface area is 127 Å². The summed E-state index contributed by atoms with van der Waals surface area (Å²) < 4.78 is 1.72. The van der Waals surface area contributed by atoms with E-state index >= 15 is 0 Å². The van der Waals surface area contributed by atoms with Gasteiger partial charge >= 0.3 is 0 Å². The summed E-state index contributed by atoms with van der Waals surface area (Å²) in [6.45, 7) is 2.11. The number of nitrogens with zero attached hydrogens (tertiary/aromatic N) is 2. The van der Waals surface area contributed by atoms with Gasteiger partial charge in [-0.1, -0.05) is 34.5 Å². The third-order valence-electron chi connectivity index (χ3n) is 2.45. The van der Waals surface area contributed by atoms with Gasteiger partial charge in [0.15, 0.2) is 0 Å². The predicted molar refractivity (Wildman–Crippen MR) is 81.5 cm³/mol. The van der Waals surface area contributed by atoms with Crippen LogP contribution >= 0.6 is 43.5 Å². The molecule has 1 aromatic carbocycles. The second kappa shape index (κ2) is 5.99. The summed E-state index contributed by atoms with van der Waals surface area (Å²) in [5.74, 6) is 0.659. The highest BCUT2D eigenvalue weighted by Gasteiger charge is 2.09. The first-order valence-corrected chi connectivity index (χ1v) is 7.29. The molecule has 1 N–H and O–H groups in total. The molecule has 0 saturated carbocycles. The highest BCUT2D eigenvalue weighted by molar-refractivity contribution is 9.11. The summed E-state index contributed by atoms with van der Waals surface area (Å²) in [6.07, 6.45) is 2.36. The number of rotatable bonds is 3. The van der Waals surface area contributed by atoms with Crippen molar-refractivity contribution >= 4 is 55.0 Å². The molecule has 0 radical (unpaired) electrons. The molecule has 1 aromatic heterocycles. The lowest BCUT2D eigenvalue weighted by Gasteiger charge is -2.12. The third kappa shape index (κ3) is 3.02. The molecular weight excluding hydrogens is 381 g/mol. The molecule has 2 aromatic rings. The molecule has 0 saturated heterocycles. The summed E-state index contributed by atoms with van der Waals surface area (Å²) in [7, 11) is 0. The van der Waals surface area contributed by atoms with Crippen LogP contribution in [0.5, 0.6) is 0 Å². The van der Waals surface area contributed by atoms with Gasteiger partial charge in [0.05, 0.1) is 4.47 Å². The molecule has 0 bridgehead atoms. The van der Waals surface area contributed by atoms with E-state index in [0.29, 0.717) is 15.4 Å². The number of hydrogen-bond donors (Lipinski definition) is 1. The van der Waals surface area contributed by atoms with E-state index < -0.39 is 0 Å². The lowest BCUT2D eigenvalue weighted by Crippen LogP contribution is -1.99. The van der Waals surface area contributed by atoms with Crippen molar-refractivity contribution in [3.05, 3.63) is 44.2 Å². The van der Waals surface area contributed by atoms with Crippen LogP contribution in [0, 0.1) is 0 Å². The van der Waals surface area contributed by atoms with Crippen molar-refractivity contribution in [2.75, 3.05) is 5.32 Å². The normalized spacial score (nSPS) is 10.4. The van der Waals surface area contributed by atoms with Crippen LogP contribution in [0.1, 0.15) is 12.5 Å². The monoisotopic (exact) mass is 389 g/mol. The van der Waals surface area contributed by atoms with Gasteiger partial charge in [-0.2, -0.15) is 0 Å². The lowest BCUT2D eigenvalue weighted by atomic mass is 10.1. The first kappa shape index (κ1) is 13.8. The second-order valence-corrected chi connectivity index (χ2v) is 5.67. The summed E-state index contributed by atoms with van der Waals surface area (Å²) in [6, 6.07) is 6.07. The van der Waals surface area contributed by atoms with Crippen LogP contribution in [0.25, 0.3) is 0 Å². The minimum atomic E-state index is 0.391. The van der Waals surface area contributed by atoms with Crippen LogP contribution in [0.2, 0.25) is 5.15 Å². The molecule has 0 fully saturated rings. The first-order chi connectivity index (χ1) is 8.61. The van der Waals surface area contributed by atoms with Crippen LogP contribution in [0.15, 0.2) is 33.5 Å². The van der Waals surface area contributed by atoms with Crippen molar-refractivity contribution in [3.63, 3.8) is 0 Å². The van der Waals surface area contributed by atoms with Gasteiger partial charge in [-0.25, -0.2) is 9.97 Å². The summed E-state index contributed by atoms with van der Waals surface area (Å²) in [4.78, 5) is 8.06. The van der Waals surface area contributed by atoms with Gasteiger partial charge in [-0.05, 0) is 46.1 Å². The molecule has 2 rings (SSSR count). The van der Waals surface area contributed by atoms with Crippen molar-refractivity contribution in [1.29, 1.82) is 0 Å². The fraction of sp³-hybridized carbons (Fsp3) is 0.167. The van der Waals surface area contributed by atoms with Gasteiger partial charge in [0.1, 0.15) is 17.3 Å². The smallest absolute Gasteiger partial charge is 0.149 e. The van der Waals surface area contributed by atoms with E-state index in [1.807, 2.05) is 12.1 Å². The number of nitrogens with one attached hydrogen (secondary N) is 1. The molecule has 6 heteroatoms. The zero-order chi connectivity index (χ0) is 13.1. The molecule has 0 aliphatic heterocycles. The van der Waals surface area contributed by atoms with Crippen LogP contribution < -0.4 is 5.32 Å². The van der Waals surface area contributed by atoms with Gasteiger partial charge in [0, 0.05) is 10.2 Å². The van der Waals surface area contributed by atoms with Crippen molar-refractivity contribution in [1.82, 2.24) is 9.97 Å². The quantitative estimate of drug-likeness (QED) is 0.752. The average Bonchev–Trinajstić information content (AvgIpc) is 2.37. The molecule has 0 aliphatic rings. The Morgan fingerprint density at radius 2 is 2.06 bits per heavy atom. The minimum Gasteiger partial charge on any atom is -0.339 e. The van der Waals surface area contributed by atoms with E-state index in [1.54, 1.807) is 0 Å². The number of anilines is 2. The highest BCUT2D eigenvalue weighted by Crippen LogP contribution is 2.30. The standard InChI is InChI=1S/C12H10Br2ClN3/c1-2-7-5-8(13)3-4-9(7)18-12-10(14)11(15)16-6-17-12/h3-6H,2H2,1H3,(H,16,17,18). The number of hydrogen-bond acceptors (Lipinski definition) is 3. The Balaban J connectivity index is 2.37. The Morgan fingerprint density at radius 1 is 1.28 bits per heavy atom. The molecule has 0 atom stereocenters. The largest absolute Gasteiger partial charge is 0.339 e. The first-order valence-electron chi connectivity index (χ1n) is 5.33. The Bertz CT molecular complexity index is 575. The Hall–Kier alpha value is -0.650. The fourth-order valence-corrected chi connectivity index (χ4v) is 2.39. The summed E-state index contributed by atoms with van der Waals surface area (Å²) in [5, 5.41) is 3.65. The number of benzene rings is 1. The molecular formula is C12H10Br2ClN3. The Morgan fingerprint density at radius 3 is 2.78 bits per heavy atom. The van der Waals surface area contributed by atoms with Crippen molar-refractivity contribution in [3.8, 4) is 0 Å². The SMILES string of the molecule is CCc1cc(Br)ccc1Nc1ncnc(Cl)c1Br. The maximum Gasteiger partial charge on any atom is 0.149 e. The number of halogens is 3. The molecule has 0 spiro atoms. The number of aromatic nitrogens is 2. The van der Waals surface area contributed by atoms with Gasteiger partial charge in [0.25, 0.3) is 0 Å². The van der Waals surface area contributed by atoms with Gasteiger partial charge in [-0.3, -0.25) is 0 Å². The van der Waals surface area contributed by atoms with E-state index in [1.165, 1.54) is 11.9 Å². The van der Waals surface area contributed by atoms with Gasteiger partial charge in [0.2, 0.25) is 0 Å². The summed E-state index contributed by atoms with van der Waals surface area (Å²) >= 11 is 12.8. The molecule has 3 nitrogen and oxygen atoms in total. The van der Waals surface area contributed by atoms with E-state index in [2.05, 4.69) is 60.1 Å². The topological polar surface area (TPSA) is 37.8 Å². The molecule has 94 valence electrons. The highest BCUT2D eigenvalue weighted by atomic mass is 79.9.